The zero-order chi connectivity index (χ0) is 21.5. The molecule has 0 spiro atoms. The monoisotopic (exact) mass is 434 g/mol. The predicted molar refractivity (Wildman–Crippen MR) is 96.9 cm³/mol. The second-order valence-electron chi connectivity index (χ2n) is 7.29. The number of esters is 1. The van der Waals surface area contributed by atoms with Crippen LogP contribution in [0.5, 0.6) is 0 Å². The highest BCUT2D eigenvalue weighted by Crippen LogP contribution is 2.24. The molecule has 12 heteroatoms. The molecule has 0 aliphatic carbocycles. The van der Waals surface area contributed by atoms with E-state index < -0.39 is 62.1 Å². The van der Waals surface area contributed by atoms with Crippen LogP contribution >= 0.6 is 0 Å². The average Bonchev–Trinajstić information content (AvgIpc) is 2.49. The van der Waals surface area contributed by atoms with E-state index in [0.717, 1.165) is 0 Å². The van der Waals surface area contributed by atoms with E-state index in [4.69, 9.17) is 18.2 Å². The number of hydrogen-bond acceptors (Lipinski definition) is 9. The summed E-state index contributed by atoms with van der Waals surface area (Å²) in [4.78, 5) is 12.0. The van der Waals surface area contributed by atoms with Crippen molar-refractivity contribution >= 4 is 26.2 Å². The van der Waals surface area contributed by atoms with Crippen LogP contribution in [0.4, 0.5) is 0 Å². The first-order valence-electron chi connectivity index (χ1n) is 8.38. The highest BCUT2D eigenvalue weighted by Gasteiger charge is 2.37. The van der Waals surface area contributed by atoms with Crippen LogP contribution in [0.25, 0.3) is 0 Å². The molecule has 0 aliphatic rings. The third kappa shape index (κ3) is 12.3. The van der Waals surface area contributed by atoms with E-state index in [9.17, 15) is 26.7 Å². The first-order chi connectivity index (χ1) is 12.1. The summed E-state index contributed by atoms with van der Waals surface area (Å²) in [6.45, 7) is 7.98. The molecule has 0 fully saturated rings. The maximum Gasteiger partial charge on any atom is 0.337 e. The number of carbonyl (C=O) groups is 1. The summed E-state index contributed by atoms with van der Waals surface area (Å²) in [6.07, 6.45) is -2.90. The van der Waals surface area contributed by atoms with Crippen molar-refractivity contribution in [1.82, 2.24) is 0 Å². The maximum absolute atomic E-state index is 12.0. The Labute approximate surface area is 161 Å². The zero-order valence-electron chi connectivity index (χ0n) is 16.2. The molecule has 0 saturated heterocycles. The summed E-state index contributed by atoms with van der Waals surface area (Å²) in [5, 5.41) is 10.1. The predicted octanol–water partition coefficient (Wildman–Crippen LogP) is 0.560. The average molecular weight is 435 g/mol. The van der Waals surface area contributed by atoms with Crippen LogP contribution in [0.2, 0.25) is 0 Å². The minimum absolute atomic E-state index is 0.229. The van der Waals surface area contributed by atoms with Crippen molar-refractivity contribution in [3.8, 4) is 0 Å². The Bertz CT molecular complexity index is 667. The Kier molecular flexibility index (Phi) is 10.4. The van der Waals surface area contributed by atoms with Gasteiger partial charge in [0, 0.05) is 5.41 Å². The van der Waals surface area contributed by atoms with Gasteiger partial charge in [0.15, 0.2) is 12.4 Å². The summed E-state index contributed by atoms with van der Waals surface area (Å²) in [6, 6.07) is 0. The van der Waals surface area contributed by atoms with Crippen molar-refractivity contribution in [1.29, 1.82) is 0 Å². The topological polar surface area (TPSA) is 153 Å². The molecule has 0 rings (SSSR count). The summed E-state index contributed by atoms with van der Waals surface area (Å²) in [7, 11) is -8.37. The number of rotatable bonds is 13. The molecule has 27 heavy (non-hydrogen) atoms. The molecule has 0 aromatic heterocycles. The second kappa shape index (κ2) is 10.7. The van der Waals surface area contributed by atoms with Crippen molar-refractivity contribution in [3.63, 3.8) is 0 Å². The molecule has 0 radical (unpaired) electrons. The fourth-order valence-electron chi connectivity index (χ4n) is 1.71. The molecule has 2 unspecified atom stereocenters. The van der Waals surface area contributed by atoms with Crippen molar-refractivity contribution in [2.75, 3.05) is 24.7 Å². The summed E-state index contributed by atoms with van der Waals surface area (Å²) >= 11 is 0. The summed E-state index contributed by atoms with van der Waals surface area (Å²) in [5.41, 5.74) is -1.30. The van der Waals surface area contributed by atoms with E-state index in [0.29, 0.717) is 6.61 Å². The van der Waals surface area contributed by atoms with Gasteiger partial charge in [-0.1, -0.05) is 27.7 Å². The molecule has 0 bridgehead atoms. The zero-order valence-corrected chi connectivity index (χ0v) is 17.9. The van der Waals surface area contributed by atoms with Crippen molar-refractivity contribution in [2.24, 2.45) is 11.3 Å². The smallest absolute Gasteiger partial charge is 0.337 e. The van der Waals surface area contributed by atoms with Crippen molar-refractivity contribution in [2.45, 2.75) is 53.4 Å². The normalized spacial score (nSPS) is 15.6. The van der Waals surface area contributed by atoms with Gasteiger partial charge >= 0.3 is 5.97 Å². The highest BCUT2D eigenvalue weighted by molar-refractivity contribution is 7.87. The molecule has 2 N–H and O–H groups in total. The lowest BCUT2D eigenvalue weighted by molar-refractivity contribution is -0.192. The lowest BCUT2D eigenvalue weighted by Gasteiger charge is -2.29. The molecule has 0 aromatic rings. The van der Waals surface area contributed by atoms with Crippen LogP contribution in [-0.4, -0.2) is 69.6 Å². The van der Waals surface area contributed by atoms with E-state index in [1.807, 2.05) is 13.8 Å². The third-order valence-electron chi connectivity index (χ3n) is 3.32. The van der Waals surface area contributed by atoms with Gasteiger partial charge in [-0.15, -0.1) is 0 Å². The van der Waals surface area contributed by atoms with Gasteiger partial charge in [-0.25, -0.2) is 4.79 Å². The van der Waals surface area contributed by atoms with Gasteiger partial charge < -0.3 is 14.6 Å². The van der Waals surface area contributed by atoms with Gasteiger partial charge in [0.05, 0.1) is 24.7 Å². The van der Waals surface area contributed by atoms with E-state index in [-0.39, 0.29) is 12.3 Å². The summed E-state index contributed by atoms with van der Waals surface area (Å²) < 4.78 is 68.3. The van der Waals surface area contributed by atoms with Gasteiger partial charge in [-0.3, -0.25) is 8.74 Å². The standard InChI is InChI=1S/C15H30O10S2/c1-11(2)9-23-12(3)25-14(17)13(16)15(4,5)10-24-27(21,22)8-6-7-26(18,19)20/h11-13,16H,6-10H2,1-5H3,(H,18,19,20). The first kappa shape index (κ1) is 26.2. The third-order valence-corrected chi connectivity index (χ3v) is 5.39. The molecular weight excluding hydrogens is 404 g/mol. The number of aliphatic hydroxyl groups is 1. The molecule has 0 aliphatic heterocycles. The lowest BCUT2D eigenvalue weighted by Crippen LogP contribution is -2.42. The van der Waals surface area contributed by atoms with Crippen LogP contribution in [0.1, 0.15) is 41.0 Å². The summed E-state index contributed by atoms with van der Waals surface area (Å²) in [5.74, 6) is -2.11. The van der Waals surface area contributed by atoms with Gasteiger partial charge in [0.2, 0.25) is 0 Å². The van der Waals surface area contributed by atoms with Gasteiger partial charge in [0.1, 0.15) is 0 Å². The Hall–Kier alpha value is -0.790. The second-order valence-corrected chi connectivity index (χ2v) is 10.6. The Morgan fingerprint density at radius 3 is 2.11 bits per heavy atom. The minimum Gasteiger partial charge on any atom is -0.434 e. The van der Waals surface area contributed by atoms with Gasteiger partial charge in [0.25, 0.3) is 20.2 Å². The van der Waals surface area contributed by atoms with E-state index in [1.165, 1.54) is 20.8 Å². The molecule has 0 heterocycles. The molecular formula is C15H30O10S2. The van der Waals surface area contributed by atoms with Crippen LogP contribution < -0.4 is 0 Å². The molecule has 162 valence electrons. The Morgan fingerprint density at radius 1 is 1.07 bits per heavy atom. The SMILES string of the molecule is CC(C)COC(C)OC(=O)C(O)C(C)(C)COS(=O)(=O)CCCS(=O)(=O)O. The van der Waals surface area contributed by atoms with Crippen LogP contribution in [0.3, 0.4) is 0 Å². The van der Waals surface area contributed by atoms with E-state index >= 15 is 0 Å². The largest absolute Gasteiger partial charge is 0.434 e. The van der Waals surface area contributed by atoms with Crippen LogP contribution in [0.15, 0.2) is 0 Å². The Morgan fingerprint density at radius 2 is 1.63 bits per heavy atom. The van der Waals surface area contributed by atoms with E-state index in [2.05, 4.69) is 0 Å². The molecule has 0 aromatic carbocycles. The maximum atomic E-state index is 12.0. The molecule has 0 saturated carbocycles. The van der Waals surface area contributed by atoms with Crippen molar-refractivity contribution < 1.29 is 44.9 Å². The Balaban J connectivity index is 4.60. The molecule has 0 amide bonds. The van der Waals surface area contributed by atoms with E-state index in [1.54, 1.807) is 0 Å². The number of ether oxygens (including phenoxy) is 2. The van der Waals surface area contributed by atoms with Gasteiger partial charge in [-0.2, -0.15) is 16.8 Å². The number of aliphatic hydroxyl groups excluding tert-OH is 1. The van der Waals surface area contributed by atoms with Crippen molar-refractivity contribution in [3.05, 3.63) is 0 Å². The lowest BCUT2D eigenvalue weighted by atomic mass is 9.88. The van der Waals surface area contributed by atoms with Gasteiger partial charge in [-0.05, 0) is 19.3 Å². The minimum atomic E-state index is -4.27. The van der Waals surface area contributed by atoms with Crippen LogP contribution in [-0.2, 0) is 38.7 Å². The fourth-order valence-corrected chi connectivity index (χ4v) is 3.50. The highest BCUT2D eigenvalue weighted by atomic mass is 32.2. The molecule has 10 nitrogen and oxygen atoms in total. The first-order valence-corrected chi connectivity index (χ1v) is 11.6. The molecule has 2 atom stereocenters. The van der Waals surface area contributed by atoms with Crippen LogP contribution in [0, 0.1) is 11.3 Å². The quantitative estimate of drug-likeness (QED) is 0.182. The fraction of sp³-hybridized carbons (Fsp3) is 0.933. The number of hydrogen-bond donors (Lipinski definition) is 2. The number of carbonyl (C=O) groups excluding carboxylic acids is 1.